The number of carbonyl (C=O) groups is 1. The van der Waals surface area contributed by atoms with Crippen molar-refractivity contribution in [2.45, 2.75) is 18.9 Å². The molecule has 3 nitrogen and oxygen atoms in total. The molecule has 0 saturated heterocycles. The predicted molar refractivity (Wildman–Crippen MR) is 84.1 cm³/mol. The first-order valence-electron chi connectivity index (χ1n) is 7.00. The molecule has 0 bridgehead atoms. The van der Waals surface area contributed by atoms with Gasteiger partial charge >= 0.3 is 0 Å². The zero-order valence-electron chi connectivity index (χ0n) is 11.9. The molecule has 0 aromatic heterocycles. The third-order valence-electron chi connectivity index (χ3n) is 3.32. The van der Waals surface area contributed by atoms with Crippen molar-refractivity contribution < 1.29 is 14.3 Å². The number of hydrogen-bond acceptors (Lipinski definition) is 2. The van der Waals surface area contributed by atoms with Gasteiger partial charge in [0.25, 0.3) is 0 Å². The summed E-state index contributed by atoms with van der Waals surface area (Å²) >= 11 is 5.88. The van der Waals surface area contributed by atoms with Crippen LogP contribution in [-0.4, -0.2) is 17.6 Å². The highest BCUT2D eigenvalue weighted by molar-refractivity contribution is 6.31. The molecule has 1 atom stereocenters. The van der Waals surface area contributed by atoms with Crippen LogP contribution in [0.5, 0.6) is 0 Å². The van der Waals surface area contributed by atoms with Gasteiger partial charge in [-0.15, -0.1) is 0 Å². The normalized spacial score (nSPS) is 12.0. The van der Waals surface area contributed by atoms with Crippen molar-refractivity contribution in [2.24, 2.45) is 0 Å². The van der Waals surface area contributed by atoms with Crippen molar-refractivity contribution in [2.75, 3.05) is 6.54 Å². The Hall–Kier alpha value is -1.91. The predicted octanol–water partition coefficient (Wildman–Crippen LogP) is 3.26. The Bertz CT molecular complexity index is 614. The number of nitrogens with one attached hydrogen (secondary N) is 1. The molecule has 2 rings (SSSR count). The molecule has 116 valence electrons. The van der Waals surface area contributed by atoms with E-state index in [1.807, 2.05) is 30.3 Å². The molecule has 1 unspecified atom stereocenters. The third kappa shape index (κ3) is 4.55. The van der Waals surface area contributed by atoms with Crippen molar-refractivity contribution in [1.82, 2.24) is 5.32 Å². The minimum absolute atomic E-state index is 0.118. The van der Waals surface area contributed by atoms with Crippen LogP contribution in [0.3, 0.4) is 0 Å². The highest BCUT2D eigenvalue weighted by atomic mass is 35.5. The van der Waals surface area contributed by atoms with Crippen molar-refractivity contribution in [3.05, 3.63) is 70.5 Å². The van der Waals surface area contributed by atoms with Crippen LogP contribution < -0.4 is 5.32 Å². The molecule has 1 amide bonds. The standard InChI is InChI=1S/C17H17ClFNO2/c18-14-7-4-8-15(19)13(14)11-17(22)20-10-9-16(21)12-5-2-1-3-6-12/h1-8,16,21H,9-11H2,(H,20,22). The second kappa shape index (κ2) is 7.92. The maximum Gasteiger partial charge on any atom is 0.224 e. The van der Waals surface area contributed by atoms with Crippen LogP contribution in [-0.2, 0) is 11.2 Å². The van der Waals surface area contributed by atoms with Gasteiger partial charge in [0.05, 0.1) is 12.5 Å². The summed E-state index contributed by atoms with van der Waals surface area (Å²) in [5.41, 5.74) is 0.985. The van der Waals surface area contributed by atoms with Gasteiger partial charge in [0.1, 0.15) is 5.82 Å². The van der Waals surface area contributed by atoms with Crippen LogP contribution in [0.15, 0.2) is 48.5 Å². The molecular formula is C17H17ClFNO2. The molecule has 0 fully saturated rings. The molecule has 0 saturated carbocycles. The molecule has 2 N–H and O–H groups in total. The number of carbonyl (C=O) groups excluding carboxylic acids is 1. The lowest BCUT2D eigenvalue weighted by molar-refractivity contribution is -0.120. The maximum atomic E-state index is 13.6. The van der Waals surface area contributed by atoms with E-state index in [9.17, 15) is 14.3 Å². The number of amides is 1. The fourth-order valence-corrected chi connectivity index (χ4v) is 2.34. The summed E-state index contributed by atoms with van der Waals surface area (Å²) in [7, 11) is 0. The van der Waals surface area contributed by atoms with Crippen LogP contribution in [0, 0.1) is 5.82 Å². The van der Waals surface area contributed by atoms with E-state index >= 15 is 0 Å². The SMILES string of the molecule is O=C(Cc1c(F)cccc1Cl)NCCC(O)c1ccccc1. The molecule has 0 aliphatic rings. The Kier molecular flexibility index (Phi) is 5.92. The molecular weight excluding hydrogens is 305 g/mol. The Balaban J connectivity index is 1.81. The van der Waals surface area contributed by atoms with Gasteiger partial charge in [-0.1, -0.05) is 48.0 Å². The fourth-order valence-electron chi connectivity index (χ4n) is 2.11. The minimum Gasteiger partial charge on any atom is -0.388 e. The summed E-state index contributed by atoms with van der Waals surface area (Å²) in [5.74, 6) is -0.820. The summed E-state index contributed by atoms with van der Waals surface area (Å²) < 4.78 is 13.6. The summed E-state index contributed by atoms with van der Waals surface area (Å²) in [6.07, 6.45) is -0.369. The Morgan fingerprint density at radius 2 is 1.91 bits per heavy atom. The van der Waals surface area contributed by atoms with Crippen LogP contribution in [0.25, 0.3) is 0 Å². The van der Waals surface area contributed by atoms with Crippen molar-refractivity contribution >= 4 is 17.5 Å². The second-order valence-corrected chi connectivity index (χ2v) is 5.35. The lowest BCUT2D eigenvalue weighted by Crippen LogP contribution is -2.27. The van der Waals surface area contributed by atoms with E-state index in [2.05, 4.69) is 5.32 Å². The number of aliphatic hydroxyl groups excluding tert-OH is 1. The topological polar surface area (TPSA) is 49.3 Å². The van der Waals surface area contributed by atoms with Gasteiger partial charge in [0, 0.05) is 17.1 Å². The van der Waals surface area contributed by atoms with E-state index in [1.165, 1.54) is 12.1 Å². The Morgan fingerprint density at radius 1 is 1.18 bits per heavy atom. The lowest BCUT2D eigenvalue weighted by atomic mass is 10.1. The minimum atomic E-state index is -0.640. The number of aliphatic hydroxyl groups is 1. The second-order valence-electron chi connectivity index (χ2n) is 4.94. The molecule has 5 heteroatoms. The van der Waals surface area contributed by atoms with Crippen molar-refractivity contribution in [3.8, 4) is 0 Å². The highest BCUT2D eigenvalue weighted by Gasteiger charge is 2.12. The van der Waals surface area contributed by atoms with Crippen LogP contribution in [0.4, 0.5) is 4.39 Å². The monoisotopic (exact) mass is 321 g/mol. The number of hydrogen-bond donors (Lipinski definition) is 2. The van der Waals surface area contributed by atoms with Crippen LogP contribution in [0.1, 0.15) is 23.7 Å². The smallest absolute Gasteiger partial charge is 0.224 e. The van der Waals surface area contributed by atoms with Gasteiger partial charge in [0.2, 0.25) is 5.91 Å². The maximum absolute atomic E-state index is 13.6. The highest BCUT2D eigenvalue weighted by Crippen LogP contribution is 2.19. The fraction of sp³-hybridized carbons (Fsp3) is 0.235. The summed E-state index contributed by atoms with van der Waals surface area (Å²) in [5, 5.41) is 12.9. The Labute approximate surface area is 133 Å². The molecule has 0 aliphatic carbocycles. The van der Waals surface area contributed by atoms with Crippen LogP contribution in [0.2, 0.25) is 5.02 Å². The van der Waals surface area contributed by atoms with Gasteiger partial charge in [-0.2, -0.15) is 0 Å². The van der Waals surface area contributed by atoms with Gasteiger partial charge < -0.3 is 10.4 Å². The van der Waals surface area contributed by atoms with E-state index in [4.69, 9.17) is 11.6 Å². The quantitative estimate of drug-likeness (QED) is 0.858. The van der Waals surface area contributed by atoms with E-state index in [0.717, 1.165) is 5.56 Å². The molecule has 0 heterocycles. The molecule has 2 aromatic rings. The Morgan fingerprint density at radius 3 is 2.59 bits per heavy atom. The lowest BCUT2D eigenvalue weighted by Gasteiger charge is -2.12. The van der Waals surface area contributed by atoms with Gasteiger partial charge in [0.15, 0.2) is 0 Å². The first kappa shape index (κ1) is 16.5. The first-order chi connectivity index (χ1) is 10.6. The van der Waals surface area contributed by atoms with Gasteiger partial charge in [-0.05, 0) is 24.1 Å². The average Bonchev–Trinajstić information content (AvgIpc) is 2.52. The van der Waals surface area contributed by atoms with Crippen LogP contribution >= 0.6 is 11.6 Å². The third-order valence-corrected chi connectivity index (χ3v) is 3.68. The zero-order valence-corrected chi connectivity index (χ0v) is 12.7. The van der Waals surface area contributed by atoms with Gasteiger partial charge in [-0.3, -0.25) is 4.79 Å². The van der Waals surface area contributed by atoms with E-state index in [-0.39, 0.29) is 22.9 Å². The average molecular weight is 322 g/mol. The van der Waals surface area contributed by atoms with E-state index in [1.54, 1.807) is 6.07 Å². The molecule has 0 aliphatic heterocycles. The molecule has 2 aromatic carbocycles. The molecule has 22 heavy (non-hydrogen) atoms. The number of rotatable bonds is 6. The van der Waals surface area contributed by atoms with Crippen molar-refractivity contribution in [1.29, 1.82) is 0 Å². The first-order valence-corrected chi connectivity index (χ1v) is 7.38. The summed E-state index contributed by atoms with van der Waals surface area (Å²) in [6, 6.07) is 13.5. The molecule has 0 radical (unpaired) electrons. The van der Waals surface area contributed by atoms with E-state index < -0.39 is 11.9 Å². The zero-order chi connectivity index (χ0) is 15.9. The molecule has 0 spiro atoms. The largest absolute Gasteiger partial charge is 0.388 e. The van der Waals surface area contributed by atoms with Gasteiger partial charge in [-0.25, -0.2) is 4.39 Å². The number of halogens is 2. The van der Waals surface area contributed by atoms with Crippen molar-refractivity contribution in [3.63, 3.8) is 0 Å². The number of benzene rings is 2. The summed E-state index contributed by atoms with van der Waals surface area (Å²) in [6.45, 7) is 0.307. The summed E-state index contributed by atoms with van der Waals surface area (Å²) in [4.78, 5) is 11.8. The van der Waals surface area contributed by atoms with E-state index in [0.29, 0.717) is 13.0 Å².